The van der Waals surface area contributed by atoms with Gasteiger partial charge < -0.3 is 9.64 Å². The molecule has 27 heavy (non-hydrogen) atoms. The van der Waals surface area contributed by atoms with Gasteiger partial charge in [0.2, 0.25) is 0 Å². The number of piperidine rings is 1. The van der Waals surface area contributed by atoms with Crippen molar-refractivity contribution in [3.63, 3.8) is 0 Å². The van der Waals surface area contributed by atoms with Gasteiger partial charge in [-0.3, -0.25) is 4.79 Å². The molecule has 150 valence electrons. The molecule has 0 N–H and O–H groups in total. The summed E-state index contributed by atoms with van der Waals surface area (Å²) in [6.07, 6.45) is 4.27. The third kappa shape index (κ3) is 4.90. The average molecular weight is 376 g/mol. The Kier molecular flexibility index (Phi) is 6.56. The lowest BCUT2D eigenvalue weighted by Gasteiger charge is -2.40. The molecule has 4 heteroatoms. The van der Waals surface area contributed by atoms with Crippen molar-refractivity contribution in [3.05, 3.63) is 35.6 Å². The Morgan fingerprint density at radius 2 is 1.89 bits per heavy atom. The molecule has 2 aliphatic rings. The highest BCUT2D eigenvalue weighted by molar-refractivity contribution is 5.74. The maximum Gasteiger partial charge on any atom is 0.311 e. The summed E-state index contributed by atoms with van der Waals surface area (Å²) in [6.45, 7) is 8.37. The molecule has 0 spiro atoms. The molecule has 1 heterocycles. The van der Waals surface area contributed by atoms with E-state index < -0.39 is 0 Å². The Morgan fingerprint density at radius 1 is 1.19 bits per heavy atom. The van der Waals surface area contributed by atoms with E-state index in [2.05, 4.69) is 32.7 Å². The minimum absolute atomic E-state index is 0.0300. The number of esters is 1. The molecule has 2 unspecified atom stereocenters. The molecular weight excluding hydrogens is 341 g/mol. The summed E-state index contributed by atoms with van der Waals surface area (Å²) >= 11 is 0. The standard InChI is InChI=1S/C23H34FNO2/c1-15(2)19-10-5-16(3)13-22(19)27-23(26)21-14-25(4)12-11-20(21)17-6-8-18(24)9-7-17/h6-9,15-16,19-22H,5,10-14H2,1-4H3/t16-,19+,20+,21?,22?/m1/s1. The van der Waals surface area contributed by atoms with Gasteiger partial charge in [-0.15, -0.1) is 0 Å². The van der Waals surface area contributed by atoms with Crippen LogP contribution in [0.4, 0.5) is 4.39 Å². The number of benzene rings is 1. The number of nitrogens with zero attached hydrogens (tertiary/aromatic N) is 1. The molecule has 0 bridgehead atoms. The van der Waals surface area contributed by atoms with Crippen LogP contribution in [0.15, 0.2) is 24.3 Å². The molecule has 0 aromatic heterocycles. The van der Waals surface area contributed by atoms with E-state index in [-0.39, 0.29) is 29.7 Å². The number of hydrogen-bond donors (Lipinski definition) is 0. The van der Waals surface area contributed by atoms with Crippen LogP contribution in [0.1, 0.15) is 57.9 Å². The maximum absolute atomic E-state index is 13.3. The molecule has 5 atom stereocenters. The predicted octanol–water partition coefficient (Wildman–Crippen LogP) is 4.87. The minimum Gasteiger partial charge on any atom is -0.462 e. The molecule has 0 radical (unpaired) electrons. The van der Waals surface area contributed by atoms with Gasteiger partial charge in [-0.1, -0.05) is 39.3 Å². The molecule has 1 aliphatic heterocycles. The average Bonchev–Trinajstić information content (AvgIpc) is 2.62. The molecule has 3 nitrogen and oxygen atoms in total. The van der Waals surface area contributed by atoms with Crippen LogP contribution in [0.25, 0.3) is 0 Å². The predicted molar refractivity (Wildman–Crippen MR) is 106 cm³/mol. The first-order valence-corrected chi connectivity index (χ1v) is 10.5. The lowest BCUT2D eigenvalue weighted by molar-refractivity contribution is -0.163. The Hall–Kier alpha value is -1.42. The first-order chi connectivity index (χ1) is 12.8. The second-order valence-corrected chi connectivity index (χ2v) is 9.12. The van der Waals surface area contributed by atoms with Gasteiger partial charge in [-0.05, 0) is 74.2 Å². The molecule has 1 aliphatic carbocycles. The zero-order valence-electron chi connectivity index (χ0n) is 17.2. The summed E-state index contributed by atoms with van der Waals surface area (Å²) in [4.78, 5) is 15.4. The van der Waals surface area contributed by atoms with Gasteiger partial charge in [0, 0.05) is 6.54 Å². The van der Waals surface area contributed by atoms with Crippen molar-refractivity contribution in [3.8, 4) is 0 Å². The summed E-state index contributed by atoms with van der Waals surface area (Å²) in [5, 5.41) is 0. The molecule has 1 aromatic carbocycles. The fourth-order valence-electron chi connectivity index (χ4n) is 4.95. The number of halogens is 1. The number of rotatable bonds is 4. The SMILES string of the molecule is CC(C)[C@@H]1CC[C@@H](C)CC1OC(=O)C1CN(C)CC[C@H]1c1ccc(F)cc1. The summed E-state index contributed by atoms with van der Waals surface area (Å²) in [7, 11) is 2.06. The van der Waals surface area contributed by atoms with Crippen molar-refractivity contribution >= 4 is 5.97 Å². The Balaban J connectivity index is 1.75. The lowest BCUT2D eigenvalue weighted by Crippen LogP contribution is -2.44. The molecule has 1 aromatic rings. The number of likely N-dealkylation sites (tertiary alicyclic amines) is 1. The largest absolute Gasteiger partial charge is 0.462 e. The Labute approximate surface area is 163 Å². The van der Waals surface area contributed by atoms with E-state index in [9.17, 15) is 9.18 Å². The second kappa shape index (κ2) is 8.72. The van der Waals surface area contributed by atoms with Crippen LogP contribution in [0.5, 0.6) is 0 Å². The molecular formula is C23H34FNO2. The van der Waals surface area contributed by atoms with E-state index in [4.69, 9.17) is 4.74 Å². The van der Waals surface area contributed by atoms with E-state index in [1.807, 2.05) is 12.1 Å². The van der Waals surface area contributed by atoms with Gasteiger partial charge in [0.25, 0.3) is 0 Å². The van der Waals surface area contributed by atoms with Crippen molar-refractivity contribution in [1.29, 1.82) is 0 Å². The zero-order valence-corrected chi connectivity index (χ0v) is 17.2. The van der Waals surface area contributed by atoms with Gasteiger partial charge >= 0.3 is 5.97 Å². The van der Waals surface area contributed by atoms with Crippen molar-refractivity contribution < 1.29 is 13.9 Å². The summed E-state index contributed by atoms with van der Waals surface area (Å²) < 4.78 is 19.5. The maximum atomic E-state index is 13.3. The van der Waals surface area contributed by atoms with E-state index in [1.54, 1.807) is 0 Å². The third-order valence-electron chi connectivity index (χ3n) is 6.65. The highest BCUT2D eigenvalue weighted by atomic mass is 19.1. The van der Waals surface area contributed by atoms with Gasteiger partial charge in [-0.25, -0.2) is 4.39 Å². The normalized spacial score (nSPS) is 32.4. The first kappa shape index (κ1) is 20.3. The first-order valence-electron chi connectivity index (χ1n) is 10.5. The summed E-state index contributed by atoms with van der Waals surface area (Å²) in [6, 6.07) is 6.64. The second-order valence-electron chi connectivity index (χ2n) is 9.12. The Morgan fingerprint density at radius 3 is 2.56 bits per heavy atom. The molecule has 2 fully saturated rings. The van der Waals surface area contributed by atoms with Gasteiger partial charge in [-0.2, -0.15) is 0 Å². The third-order valence-corrected chi connectivity index (χ3v) is 6.65. The Bertz CT molecular complexity index is 630. The number of ether oxygens (including phenoxy) is 1. The number of carbonyl (C=O) groups is 1. The van der Waals surface area contributed by atoms with Gasteiger partial charge in [0.05, 0.1) is 5.92 Å². The van der Waals surface area contributed by atoms with Crippen LogP contribution < -0.4 is 0 Å². The number of carbonyl (C=O) groups excluding carboxylic acids is 1. The highest BCUT2D eigenvalue weighted by Gasteiger charge is 2.39. The number of hydrogen-bond acceptors (Lipinski definition) is 3. The minimum atomic E-state index is -0.234. The fraction of sp³-hybridized carbons (Fsp3) is 0.696. The van der Waals surface area contributed by atoms with Crippen LogP contribution in [0.3, 0.4) is 0 Å². The molecule has 0 amide bonds. The molecule has 1 saturated heterocycles. The quantitative estimate of drug-likeness (QED) is 0.704. The van der Waals surface area contributed by atoms with Crippen LogP contribution in [-0.4, -0.2) is 37.1 Å². The zero-order chi connectivity index (χ0) is 19.6. The van der Waals surface area contributed by atoms with E-state index in [1.165, 1.54) is 18.6 Å². The van der Waals surface area contributed by atoms with E-state index >= 15 is 0 Å². The fourth-order valence-corrected chi connectivity index (χ4v) is 4.95. The van der Waals surface area contributed by atoms with Crippen LogP contribution in [0, 0.1) is 29.5 Å². The summed E-state index contributed by atoms with van der Waals surface area (Å²) in [5.41, 5.74) is 1.05. The topological polar surface area (TPSA) is 29.5 Å². The van der Waals surface area contributed by atoms with Crippen LogP contribution in [-0.2, 0) is 9.53 Å². The van der Waals surface area contributed by atoms with Crippen LogP contribution >= 0.6 is 0 Å². The van der Waals surface area contributed by atoms with Gasteiger partial charge in [0.15, 0.2) is 0 Å². The van der Waals surface area contributed by atoms with Crippen molar-refractivity contribution in [2.45, 2.75) is 58.5 Å². The monoisotopic (exact) mass is 375 g/mol. The van der Waals surface area contributed by atoms with E-state index in [0.29, 0.717) is 24.3 Å². The molecule has 3 rings (SSSR count). The van der Waals surface area contributed by atoms with Crippen molar-refractivity contribution in [2.24, 2.45) is 23.7 Å². The smallest absolute Gasteiger partial charge is 0.311 e. The van der Waals surface area contributed by atoms with Gasteiger partial charge in [0.1, 0.15) is 11.9 Å². The highest BCUT2D eigenvalue weighted by Crippen LogP contribution is 2.38. The van der Waals surface area contributed by atoms with Crippen molar-refractivity contribution in [2.75, 3.05) is 20.1 Å². The lowest BCUT2D eigenvalue weighted by atomic mass is 9.75. The van der Waals surface area contributed by atoms with E-state index in [0.717, 1.165) is 31.4 Å². The van der Waals surface area contributed by atoms with Crippen LogP contribution in [0.2, 0.25) is 0 Å². The molecule has 1 saturated carbocycles. The summed E-state index contributed by atoms with van der Waals surface area (Å²) in [5.74, 6) is 1.21. The van der Waals surface area contributed by atoms with Crippen molar-refractivity contribution in [1.82, 2.24) is 4.90 Å².